The number of phenols is 1. The number of nitrogens with zero attached hydrogens (tertiary/aromatic N) is 1. The number of β-amino-alcohol motifs (C(OH)–C–C–N with tert-alkyl or cyclic N) is 1. The van der Waals surface area contributed by atoms with E-state index in [1.54, 1.807) is 12.2 Å². The van der Waals surface area contributed by atoms with Gasteiger partial charge < -0.3 is 41.5 Å². The molecule has 2 aromatic carbocycles. The summed E-state index contributed by atoms with van der Waals surface area (Å²) in [5.41, 5.74) is -0.596. The van der Waals surface area contributed by atoms with E-state index >= 15 is 0 Å². The molecule has 0 spiro atoms. The van der Waals surface area contributed by atoms with E-state index in [-0.39, 0.29) is 52.5 Å². The zero-order valence-corrected chi connectivity index (χ0v) is 24.4. The minimum absolute atomic E-state index is 0.00538. The fraction of sp³-hybridized carbons (Fsp3) is 0.346. The maximum atomic E-state index is 13.0. The summed E-state index contributed by atoms with van der Waals surface area (Å²) in [6.45, 7) is 1.11. The number of aliphatic imine (C=N–C) groups is 1. The Morgan fingerprint density at radius 2 is 1.84 bits per heavy atom. The van der Waals surface area contributed by atoms with Crippen molar-refractivity contribution >= 4 is 64.2 Å². The standard InChI is InChI=1S/C26H27Cl2F3N6O7/c1-2-44-21(40)8-19(17-5-13(27)6-18(28)22(17)41)37-20(39)11-32-23(42)12-3-14(35-24(43)26(29,30)31)7-15(4-12)36-25-33-9-16(38)10-34-25/h3-7,16,19,38,41H,2,8-11H2,1H3,(H,32,42)(H,35,43)(H,37,39)(H2,33,34,36)/t19-/m1/s1. The molecule has 2 aromatic rings. The predicted octanol–water partition coefficient (Wildman–Crippen LogP) is 2.47. The number of amides is 3. The lowest BCUT2D eigenvalue weighted by atomic mass is 10.0. The van der Waals surface area contributed by atoms with Gasteiger partial charge in [-0.1, -0.05) is 23.2 Å². The Balaban J connectivity index is 1.78. The van der Waals surface area contributed by atoms with Gasteiger partial charge in [0.2, 0.25) is 5.91 Å². The van der Waals surface area contributed by atoms with E-state index in [4.69, 9.17) is 27.9 Å². The molecule has 1 heterocycles. The molecule has 0 bridgehead atoms. The number of alkyl halides is 3. The number of guanidine groups is 1. The van der Waals surface area contributed by atoms with Crippen molar-refractivity contribution < 1.29 is 47.3 Å². The summed E-state index contributed by atoms with van der Waals surface area (Å²) in [6, 6.07) is 4.66. The Hall–Kier alpha value is -4.28. The molecule has 7 N–H and O–H groups in total. The highest BCUT2D eigenvalue weighted by Gasteiger charge is 2.38. The van der Waals surface area contributed by atoms with Gasteiger partial charge in [0.15, 0.2) is 5.96 Å². The molecule has 1 unspecified atom stereocenters. The van der Waals surface area contributed by atoms with Crippen LogP contribution in [0.15, 0.2) is 35.3 Å². The molecule has 0 aromatic heterocycles. The van der Waals surface area contributed by atoms with Gasteiger partial charge in [0.05, 0.1) is 43.3 Å². The van der Waals surface area contributed by atoms with Gasteiger partial charge in [-0.25, -0.2) is 0 Å². The molecule has 0 fully saturated rings. The summed E-state index contributed by atoms with van der Waals surface area (Å²) in [7, 11) is 0. The summed E-state index contributed by atoms with van der Waals surface area (Å²) in [5.74, 6) is -5.05. The summed E-state index contributed by atoms with van der Waals surface area (Å²) in [6.07, 6.45) is -6.39. The number of carbonyl (C=O) groups is 4. The van der Waals surface area contributed by atoms with Crippen LogP contribution in [0.2, 0.25) is 10.0 Å². The minimum Gasteiger partial charge on any atom is -0.506 e. The molecule has 0 saturated heterocycles. The van der Waals surface area contributed by atoms with Crippen molar-refractivity contribution in [2.45, 2.75) is 31.7 Å². The van der Waals surface area contributed by atoms with Gasteiger partial charge in [-0.2, -0.15) is 13.2 Å². The van der Waals surface area contributed by atoms with Crippen molar-refractivity contribution in [1.29, 1.82) is 0 Å². The van der Waals surface area contributed by atoms with Gasteiger partial charge in [-0.15, -0.1) is 0 Å². The first-order valence-corrected chi connectivity index (χ1v) is 13.6. The number of rotatable bonds is 10. The lowest BCUT2D eigenvalue weighted by molar-refractivity contribution is -0.167. The van der Waals surface area contributed by atoms with Crippen LogP contribution < -0.4 is 26.6 Å². The van der Waals surface area contributed by atoms with Crippen molar-refractivity contribution in [2.24, 2.45) is 4.99 Å². The largest absolute Gasteiger partial charge is 0.506 e. The smallest absolute Gasteiger partial charge is 0.471 e. The Labute approximate surface area is 258 Å². The molecule has 0 aliphatic carbocycles. The van der Waals surface area contributed by atoms with Crippen LogP contribution in [0.4, 0.5) is 24.5 Å². The van der Waals surface area contributed by atoms with Crippen molar-refractivity contribution in [3.63, 3.8) is 0 Å². The molecule has 0 radical (unpaired) electrons. The second-order valence-corrected chi connectivity index (χ2v) is 10.1. The lowest BCUT2D eigenvalue weighted by Crippen LogP contribution is -2.42. The number of hydrogen-bond acceptors (Lipinski definition) is 10. The monoisotopic (exact) mass is 662 g/mol. The van der Waals surface area contributed by atoms with Crippen LogP contribution in [-0.4, -0.2) is 78.4 Å². The molecule has 238 valence electrons. The number of aliphatic hydroxyl groups is 1. The van der Waals surface area contributed by atoms with Crippen LogP contribution in [0.3, 0.4) is 0 Å². The number of nitrogens with one attached hydrogen (secondary N) is 5. The normalized spacial score (nSPS) is 15.2. The van der Waals surface area contributed by atoms with Crippen molar-refractivity contribution in [3.05, 3.63) is 51.5 Å². The highest BCUT2D eigenvalue weighted by Crippen LogP contribution is 2.36. The van der Waals surface area contributed by atoms with Crippen molar-refractivity contribution in [1.82, 2.24) is 16.0 Å². The second kappa shape index (κ2) is 14.9. The first-order chi connectivity index (χ1) is 20.7. The first-order valence-electron chi connectivity index (χ1n) is 12.8. The van der Waals surface area contributed by atoms with Crippen LogP contribution in [0.25, 0.3) is 0 Å². The number of hydrogen-bond donors (Lipinski definition) is 7. The molecule has 0 saturated carbocycles. The molecular weight excluding hydrogens is 636 g/mol. The maximum absolute atomic E-state index is 13.0. The number of aromatic hydroxyl groups is 1. The van der Waals surface area contributed by atoms with E-state index in [1.165, 1.54) is 18.2 Å². The molecule has 1 aliphatic rings. The van der Waals surface area contributed by atoms with Crippen molar-refractivity contribution in [2.75, 3.05) is 36.9 Å². The van der Waals surface area contributed by atoms with Crippen LogP contribution in [0.5, 0.6) is 5.75 Å². The van der Waals surface area contributed by atoms with E-state index < -0.39 is 66.4 Å². The fourth-order valence-corrected chi connectivity index (χ4v) is 4.35. The zero-order chi connectivity index (χ0) is 32.6. The molecule has 2 atom stereocenters. The number of ether oxygens (including phenoxy) is 1. The lowest BCUT2D eigenvalue weighted by Gasteiger charge is -2.21. The molecule has 1 aliphatic heterocycles. The van der Waals surface area contributed by atoms with Gasteiger partial charge in [0, 0.05) is 34.1 Å². The summed E-state index contributed by atoms with van der Waals surface area (Å²) in [4.78, 5) is 53.5. The fourth-order valence-electron chi connectivity index (χ4n) is 3.84. The van der Waals surface area contributed by atoms with E-state index in [9.17, 15) is 42.6 Å². The highest BCUT2D eigenvalue weighted by molar-refractivity contribution is 6.35. The minimum atomic E-state index is -5.21. The third-order valence-corrected chi connectivity index (χ3v) is 6.30. The average Bonchev–Trinajstić information content (AvgIpc) is 2.94. The van der Waals surface area contributed by atoms with Gasteiger partial charge in [-0.3, -0.25) is 24.2 Å². The van der Waals surface area contributed by atoms with Crippen LogP contribution in [0, 0.1) is 0 Å². The number of carbonyl (C=O) groups excluding carboxylic acids is 4. The van der Waals surface area contributed by atoms with E-state index in [1.807, 2.05) is 0 Å². The molecule has 3 amide bonds. The predicted molar refractivity (Wildman–Crippen MR) is 154 cm³/mol. The quantitative estimate of drug-likeness (QED) is 0.187. The Bertz CT molecular complexity index is 1460. The number of phenolic OH excluding ortho intramolecular Hbond substituents is 1. The third kappa shape index (κ3) is 9.89. The number of anilines is 2. The van der Waals surface area contributed by atoms with Gasteiger partial charge in [-0.05, 0) is 37.3 Å². The number of esters is 1. The maximum Gasteiger partial charge on any atom is 0.471 e. The Morgan fingerprint density at radius 1 is 1.14 bits per heavy atom. The van der Waals surface area contributed by atoms with Crippen LogP contribution in [-0.2, 0) is 19.1 Å². The number of halogens is 5. The highest BCUT2D eigenvalue weighted by atomic mass is 35.5. The average molecular weight is 663 g/mol. The zero-order valence-electron chi connectivity index (χ0n) is 22.8. The topological polar surface area (TPSA) is 190 Å². The molecule has 3 rings (SSSR count). The van der Waals surface area contributed by atoms with Crippen LogP contribution >= 0.6 is 23.2 Å². The van der Waals surface area contributed by atoms with Crippen LogP contribution in [0.1, 0.15) is 35.3 Å². The molecular formula is C26H27Cl2F3N6O7. The molecule has 13 nitrogen and oxygen atoms in total. The summed E-state index contributed by atoms with van der Waals surface area (Å²) in [5, 5.41) is 31.9. The Morgan fingerprint density at radius 3 is 2.48 bits per heavy atom. The van der Waals surface area contributed by atoms with Gasteiger partial charge >= 0.3 is 18.1 Å². The van der Waals surface area contributed by atoms with E-state index in [0.29, 0.717) is 0 Å². The van der Waals surface area contributed by atoms with Gasteiger partial charge in [0.1, 0.15) is 5.75 Å². The number of aliphatic hydroxyl groups excluding tert-OH is 1. The van der Waals surface area contributed by atoms with E-state index in [0.717, 1.165) is 12.1 Å². The number of benzene rings is 2. The molecule has 18 heteroatoms. The SMILES string of the molecule is CCOC(=O)C[C@@H](NC(=O)CNC(=O)c1cc(NC(=O)C(F)(F)F)cc(NC2=NCC(O)CN2)c1)c1cc(Cl)cc(Cl)c1O. The molecule has 44 heavy (non-hydrogen) atoms. The summed E-state index contributed by atoms with van der Waals surface area (Å²) >= 11 is 12.0. The summed E-state index contributed by atoms with van der Waals surface area (Å²) < 4.78 is 43.5. The Kier molecular flexibility index (Phi) is 11.6. The third-order valence-electron chi connectivity index (χ3n) is 5.79. The second-order valence-electron chi connectivity index (χ2n) is 9.24. The van der Waals surface area contributed by atoms with Crippen molar-refractivity contribution in [3.8, 4) is 5.75 Å². The first kappa shape index (κ1) is 34.2. The van der Waals surface area contributed by atoms with E-state index in [2.05, 4.69) is 26.3 Å². The van der Waals surface area contributed by atoms with Gasteiger partial charge in [0.25, 0.3) is 5.91 Å².